The first-order valence-corrected chi connectivity index (χ1v) is 15.4. The molecule has 0 bridgehead atoms. The Balaban J connectivity index is 1.56. The van der Waals surface area contributed by atoms with E-state index in [2.05, 4.69) is 0 Å². The van der Waals surface area contributed by atoms with Gasteiger partial charge in [0.2, 0.25) is 0 Å². The zero-order valence-electron chi connectivity index (χ0n) is 31.8. The first-order chi connectivity index (χ1) is 25.7. The summed E-state index contributed by atoms with van der Waals surface area (Å²) in [6.45, 7) is 0. The number of rotatable bonds is 4. The van der Waals surface area contributed by atoms with E-state index in [-0.39, 0.29) is 58.6 Å². The van der Waals surface area contributed by atoms with E-state index in [1.807, 2.05) is 140 Å². The zero-order valence-corrected chi connectivity index (χ0v) is 24.8. The molecule has 0 aliphatic rings. The summed E-state index contributed by atoms with van der Waals surface area (Å²) < 4.78 is 66.1. The van der Waals surface area contributed by atoms with Gasteiger partial charge in [0.05, 0.1) is 9.60 Å². The van der Waals surface area contributed by atoms with Crippen LogP contribution in [0.1, 0.15) is 9.60 Å². The highest BCUT2D eigenvalue weighted by molar-refractivity contribution is 6.23. The summed E-state index contributed by atoms with van der Waals surface area (Å²) in [5, 5.41) is 5.05. The molecule has 0 nitrogen and oxygen atoms in total. The molecule has 0 fully saturated rings. The predicted molar refractivity (Wildman–Crippen MR) is 198 cm³/mol. The molecule has 0 aliphatic heterocycles. The van der Waals surface area contributed by atoms with Gasteiger partial charge in [-0.05, 0) is 106 Å². The lowest BCUT2D eigenvalue weighted by atomic mass is 9.82. The average Bonchev–Trinajstić information content (AvgIpc) is 3.20. The van der Waals surface area contributed by atoms with Crippen LogP contribution in [0.25, 0.3) is 87.6 Å². The third-order valence-electron chi connectivity index (χ3n) is 8.86. The van der Waals surface area contributed by atoms with E-state index >= 15 is 0 Å². The summed E-state index contributed by atoms with van der Waals surface area (Å²) in [6, 6.07) is 43.4. The lowest BCUT2D eigenvalue weighted by Crippen LogP contribution is -1.93. The zero-order chi connectivity index (χ0) is 36.5. The van der Waals surface area contributed by atoms with Gasteiger partial charge in [-0.1, -0.05) is 164 Å². The summed E-state index contributed by atoms with van der Waals surface area (Å²) in [6.07, 6.45) is 0. The maximum Gasteiger partial charge on any atom is 0.0636 e. The number of hydrogen-bond donors (Lipinski definition) is 0. The van der Waals surface area contributed by atoms with Crippen molar-refractivity contribution in [2.45, 2.75) is 0 Å². The van der Waals surface area contributed by atoms with E-state index < -0.39 is 0 Å². The Morgan fingerprint density at radius 1 is 0.326 bits per heavy atom. The van der Waals surface area contributed by atoms with E-state index in [1.165, 1.54) is 0 Å². The summed E-state index contributed by atoms with van der Waals surface area (Å²) in [4.78, 5) is 0. The molecule has 0 saturated heterocycles. The highest BCUT2D eigenvalue weighted by Crippen LogP contribution is 2.47. The van der Waals surface area contributed by atoms with Gasteiger partial charge in [-0.3, -0.25) is 0 Å². The van der Waals surface area contributed by atoms with Gasteiger partial charge in [-0.2, -0.15) is 0 Å². The second-order valence-electron chi connectivity index (χ2n) is 11.5. The third kappa shape index (κ3) is 4.38. The van der Waals surface area contributed by atoms with E-state index in [4.69, 9.17) is 2.74 Å². The summed E-state index contributed by atoms with van der Waals surface area (Å²) >= 11 is 0. The molecule has 0 N–H and O–H groups in total. The molecule has 214 valence electrons. The second-order valence-corrected chi connectivity index (χ2v) is 11.5. The Bertz CT molecular complexity index is 2970. The van der Waals surface area contributed by atoms with Crippen molar-refractivity contribution < 1.29 is 9.60 Å². The van der Waals surface area contributed by atoms with Crippen LogP contribution in [0.15, 0.2) is 182 Å². The van der Waals surface area contributed by atoms with Gasteiger partial charge in [0, 0.05) is 0 Å². The van der Waals surface area contributed by atoms with E-state index in [0.29, 0.717) is 38.6 Å². The molecular weight excluding hydrogens is 553 g/mol. The molecule has 0 atom stereocenters. The van der Waals surface area contributed by atoms with Gasteiger partial charge in [0.25, 0.3) is 0 Å². The highest BCUT2D eigenvalue weighted by atomic mass is 14.2. The van der Waals surface area contributed by atoms with Crippen LogP contribution in [0.5, 0.6) is 0 Å². The molecule has 0 unspecified atom stereocenters. The fraction of sp³-hybridized carbons (Fsp3) is 0. The molecule has 0 aromatic heterocycles. The number of fused-ring (bicyclic) bond motifs is 4. The van der Waals surface area contributed by atoms with Crippen molar-refractivity contribution in [1.82, 2.24) is 0 Å². The van der Waals surface area contributed by atoms with Crippen LogP contribution >= 0.6 is 0 Å². The van der Waals surface area contributed by atoms with Crippen molar-refractivity contribution >= 4 is 43.1 Å². The van der Waals surface area contributed by atoms with E-state index in [9.17, 15) is 6.85 Å². The molecular formula is C46H30. The Kier molecular flexibility index (Phi) is 4.76. The molecule has 0 spiro atoms. The minimum absolute atomic E-state index is 0.0190. The molecule has 46 heavy (non-hydrogen) atoms. The number of benzene rings is 9. The molecule has 0 radical (unpaired) electrons. The summed E-state index contributed by atoms with van der Waals surface area (Å²) in [5.74, 6) is 0. The van der Waals surface area contributed by atoms with Crippen molar-refractivity contribution in [3.8, 4) is 44.5 Å². The third-order valence-corrected chi connectivity index (χ3v) is 8.86. The SMILES string of the molecule is [2H]c1c([2H])c([2H])c2c(-c3ccccc3-c3ccccc3)c3c([2H])c(-c4ccc5ccccc5c4)c([2H])c([2H])c3c(-c3ccc4ccccc4c3)c2c1[2H]. The number of hydrogen-bond acceptors (Lipinski definition) is 0. The minimum atomic E-state index is -0.386. The molecule has 0 heteroatoms. The quantitative estimate of drug-likeness (QED) is 0.179. The van der Waals surface area contributed by atoms with Gasteiger partial charge < -0.3 is 0 Å². The Morgan fingerprint density at radius 3 is 1.59 bits per heavy atom. The van der Waals surface area contributed by atoms with Crippen LogP contribution in [0.2, 0.25) is 0 Å². The summed E-state index contributed by atoms with van der Waals surface area (Å²) in [5.41, 5.74) is 4.77. The fourth-order valence-electron chi connectivity index (χ4n) is 6.68. The van der Waals surface area contributed by atoms with Gasteiger partial charge >= 0.3 is 0 Å². The normalized spacial score (nSPS) is 13.6. The Morgan fingerprint density at radius 2 is 0.870 bits per heavy atom. The molecule has 9 aromatic carbocycles. The lowest BCUT2D eigenvalue weighted by Gasteiger charge is -2.20. The minimum Gasteiger partial charge on any atom is -0.0622 e. The largest absolute Gasteiger partial charge is 0.0636 e. The van der Waals surface area contributed by atoms with Gasteiger partial charge in [0.15, 0.2) is 0 Å². The smallest absolute Gasteiger partial charge is 0.0622 e. The molecule has 0 aliphatic carbocycles. The second kappa shape index (κ2) is 10.9. The van der Waals surface area contributed by atoms with Crippen LogP contribution in [0.4, 0.5) is 0 Å². The molecule has 9 aromatic rings. The topological polar surface area (TPSA) is 0 Å². The molecule has 0 heterocycles. The van der Waals surface area contributed by atoms with Crippen molar-refractivity contribution in [3.05, 3.63) is 182 Å². The van der Waals surface area contributed by atoms with Crippen LogP contribution in [0, 0.1) is 0 Å². The highest BCUT2D eigenvalue weighted by Gasteiger charge is 2.20. The standard InChI is InChI=1S/C46H30/c1-2-14-33(15-3-1)39-18-8-9-19-40(39)46-42-21-11-10-20-41(42)45(38-25-23-32-13-5-7-17-35(32)29-38)43-27-26-37(30-44(43)46)36-24-22-31-12-4-6-16-34(31)28-36/h1-30H/i10D,11D,20D,21D,26D,27D,30D. The molecule has 9 rings (SSSR count). The predicted octanol–water partition coefficient (Wildman–Crippen LogP) is 13.0. The van der Waals surface area contributed by atoms with Gasteiger partial charge in [0.1, 0.15) is 0 Å². The van der Waals surface area contributed by atoms with Crippen molar-refractivity contribution in [2.75, 3.05) is 0 Å². The average molecular weight is 590 g/mol. The van der Waals surface area contributed by atoms with Gasteiger partial charge in [-0.15, -0.1) is 0 Å². The Labute approximate surface area is 278 Å². The fourth-order valence-corrected chi connectivity index (χ4v) is 6.68. The van der Waals surface area contributed by atoms with Crippen molar-refractivity contribution in [3.63, 3.8) is 0 Å². The van der Waals surface area contributed by atoms with Crippen molar-refractivity contribution in [2.24, 2.45) is 0 Å². The monoisotopic (exact) mass is 589 g/mol. The maximum absolute atomic E-state index is 10.1. The molecule has 0 amide bonds. The Hall–Kier alpha value is -5.98. The van der Waals surface area contributed by atoms with Crippen LogP contribution in [-0.4, -0.2) is 0 Å². The molecule has 0 saturated carbocycles. The van der Waals surface area contributed by atoms with Crippen LogP contribution in [-0.2, 0) is 0 Å². The van der Waals surface area contributed by atoms with Crippen molar-refractivity contribution in [1.29, 1.82) is 0 Å². The maximum atomic E-state index is 10.1. The van der Waals surface area contributed by atoms with E-state index in [1.54, 1.807) is 0 Å². The first-order valence-electron chi connectivity index (χ1n) is 18.9. The lowest BCUT2D eigenvalue weighted by molar-refractivity contribution is 1.60. The van der Waals surface area contributed by atoms with E-state index in [0.717, 1.165) is 32.7 Å². The summed E-state index contributed by atoms with van der Waals surface area (Å²) in [7, 11) is 0. The van der Waals surface area contributed by atoms with Crippen LogP contribution in [0.3, 0.4) is 0 Å². The van der Waals surface area contributed by atoms with Crippen LogP contribution < -0.4 is 0 Å². The first kappa shape index (κ1) is 20.1. The van der Waals surface area contributed by atoms with Gasteiger partial charge in [-0.25, -0.2) is 0 Å².